The lowest BCUT2D eigenvalue weighted by atomic mass is 10.2. The zero-order valence-electron chi connectivity index (χ0n) is 11.9. The molecule has 0 bridgehead atoms. The summed E-state index contributed by atoms with van der Waals surface area (Å²) >= 11 is 4.99. The molecule has 1 aromatic rings. The van der Waals surface area contributed by atoms with Gasteiger partial charge < -0.3 is 14.6 Å². The molecule has 8 heteroatoms. The predicted molar refractivity (Wildman–Crippen MR) is 76.4 cm³/mol. The molecule has 1 aliphatic heterocycles. The van der Waals surface area contributed by atoms with Crippen LogP contribution < -0.4 is 5.69 Å². The van der Waals surface area contributed by atoms with E-state index >= 15 is 0 Å². The second-order valence-electron chi connectivity index (χ2n) is 4.95. The van der Waals surface area contributed by atoms with Gasteiger partial charge in [-0.3, -0.25) is 14.3 Å². The highest BCUT2D eigenvalue weighted by atomic mass is 32.1. The van der Waals surface area contributed by atoms with Crippen LogP contribution in [0.5, 0.6) is 0 Å². The number of carbonyl (C=O) groups is 1. The topological polar surface area (TPSA) is 93.5 Å². The molecule has 1 aromatic heterocycles. The lowest BCUT2D eigenvalue weighted by molar-refractivity contribution is -0.149. The summed E-state index contributed by atoms with van der Waals surface area (Å²) in [5.41, 5.74) is 0.345. The van der Waals surface area contributed by atoms with Crippen LogP contribution in [0.15, 0.2) is 11.0 Å². The number of nitrogens with one attached hydrogen (secondary N) is 1. The maximum Gasteiger partial charge on any atom is 0.328 e. The molecule has 0 spiro atoms. The normalized spacial score (nSPS) is 25.0. The van der Waals surface area contributed by atoms with E-state index in [1.807, 2.05) is 0 Å². The monoisotopic (exact) mass is 314 g/mol. The van der Waals surface area contributed by atoms with Crippen LogP contribution in [0.2, 0.25) is 0 Å². The molecule has 1 aliphatic rings. The van der Waals surface area contributed by atoms with Crippen LogP contribution in [-0.4, -0.2) is 39.4 Å². The van der Waals surface area contributed by atoms with Gasteiger partial charge in [0, 0.05) is 24.6 Å². The molecule has 2 rings (SSSR count). The summed E-state index contributed by atoms with van der Waals surface area (Å²) in [5.74, 6) is -0.356. The number of aliphatic hydroxyl groups excluding tert-OH is 1. The molecule has 1 saturated heterocycles. The fourth-order valence-corrected chi connectivity index (χ4v) is 2.25. The standard InChI is InChI=1S/C13H18N2O5S/c1-3-11(17)19-6-9-8(16)4-10(20-9)15-5-7(2)12(21)14-13(15)18/h5,8-10,16H,3-4,6H2,1-2H3,(H,14,18,21). The smallest absolute Gasteiger partial charge is 0.328 e. The van der Waals surface area contributed by atoms with Crippen molar-refractivity contribution in [1.29, 1.82) is 0 Å². The van der Waals surface area contributed by atoms with E-state index < -0.39 is 24.1 Å². The second kappa shape index (κ2) is 6.50. The van der Waals surface area contributed by atoms with Crippen molar-refractivity contribution in [3.8, 4) is 0 Å². The number of aryl methyl sites for hydroxylation is 1. The molecular formula is C13H18N2O5S. The van der Waals surface area contributed by atoms with E-state index in [1.165, 1.54) is 4.57 Å². The SMILES string of the molecule is CCC(=O)OCC1OC(n2cc(C)c(=S)[nH]c2=O)CC1O. The van der Waals surface area contributed by atoms with Crippen LogP contribution in [0.1, 0.15) is 31.6 Å². The first-order valence-electron chi connectivity index (χ1n) is 6.73. The molecule has 3 atom stereocenters. The Labute approximate surface area is 126 Å². The minimum absolute atomic E-state index is 0.0269. The van der Waals surface area contributed by atoms with Crippen LogP contribution in [0.3, 0.4) is 0 Å². The Morgan fingerprint density at radius 3 is 3.05 bits per heavy atom. The van der Waals surface area contributed by atoms with Crippen LogP contribution in [0.4, 0.5) is 0 Å². The van der Waals surface area contributed by atoms with Gasteiger partial charge in [0.05, 0.1) is 6.10 Å². The minimum Gasteiger partial charge on any atom is -0.463 e. The zero-order valence-corrected chi connectivity index (χ0v) is 12.7. The van der Waals surface area contributed by atoms with Crippen LogP contribution in [-0.2, 0) is 14.3 Å². The number of H-pyrrole nitrogens is 1. The van der Waals surface area contributed by atoms with Crippen molar-refractivity contribution in [1.82, 2.24) is 9.55 Å². The molecule has 0 saturated carbocycles. The largest absolute Gasteiger partial charge is 0.463 e. The Kier molecular flexibility index (Phi) is 4.92. The van der Waals surface area contributed by atoms with Crippen molar-refractivity contribution in [2.75, 3.05) is 6.61 Å². The van der Waals surface area contributed by atoms with Gasteiger partial charge in [0.15, 0.2) is 0 Å². The highest BCUT2D eigenvalue weighted by Gasteiger charge is 2.36. The summed E-state index contributed by atoms with van der Waals surface area (Å²) in [6.45, 7) is 3.44. The molecular weight excluding hydrogens is 296 g/mol. The average molecular weight is 314 g/mol. The van der Waals surface area contributed by atoms with Gasteiger partial charge in [-0.05, 0) is 6.92 Å². The lowest BCUT2D eigenvalue weighted by Crippen LogP contribution is -2.29. The first-order valence-corrected chi connectivity index (χ1v) is 7.14. The van der Waals surface area contributed by atoms with Gasteiger partial charge >= 0.3 is 11.7 Å². The summed E-state index contributed by atoms with van der Waals surface area (Å²) in [4.78, 5) is 25.6. The number of hydrogen-bond acceptors (Lipinski definition) is 6. The Morgan fingerprint density at radius 2 is 2.38 bits per heavy atom. The summed E-state index contributed by atoms with van der Waals surface area (Å²) < 4.78 is 12.3. The second-order valence-corrected chi connectivity index (χ2v) is 5.36. The molecule has 116 valence electrons. The van der Waals surface area contributed by atoms with E-state index in [4.69, 9.17) is 21.7 Å². The molecule has 7 nitrogen and oxygen atoms in total. The summed E-state index contributed by atoms with van der Waals surface area (Å²) in [5, 5.41) is 9.96. The van der Waals surface area contributed by atoms with Gasteiger partial charge in [-0.2, -0.15) is 0 Å². The maximum atomic E-state index is 11.9. The van der Waals surface area contributed by atoms with Crippen molar-refractivity contribution in [2.24, 2.45) is 0 Å². The quantitative estimate of drug-likeness (QED) is 0.631. The number of hydrogen-bond donors (Lipinski definition) is 2. The third-order valence-electron chi connectivity index (χ3n) is 3.36. The van der Waals surface area contributed by atoms with Crippen molar-refractivity contribution in [3.05, 3.63) is 26.9 Å². The molecule has 3 unspecified atom stereocenters. The first-order chi connectivity index (χ1) is 9.92. The van der Waals surface area contributed by atoms with E-state index in [0.717, 1.165) is 5.56 Å². The van der Waals surface area contributed by atoms with Gasteiger partial charge in [0.1, 0.15) is 23.6 Å². The molecule has 0 amide bonds. The minimum atomic E-state index is -0.796. The molecule has 21 heavy (non-hydrogen) atoms. The summed E-state index contributed by atoms with van der Waals surface area (Å²) in [7, 11) is 0. The van der Waals surface area contributed by atoms with E-state index in [9.17, 15) is 14.7 Å². The Bertz CT molecular complexity index is 638. The van der Waals surface area contributed by atoms with E-state index in [2.05, 4.69) is 4.98 Å². The average Bonchev–Trinajstić information content (AvgIpc) is 2.81. The van der Waals surface area contributed by atoms with Crippen LogP contribution in [0, 0.1) is 11.6 Å². The van der Waals surface area contributed by atoms with Crippen LogP contribution >= 0.6 is 12.2 Å². The van der Waals surface area contributed by atoms with E-state index in [0.29, 0.717) is 4.64 Å². The van der Waals surface area contributed by atoms with Crippen molar-refractivity contribution >= 4 is 18.2 Å². The fraction of sp³-hybridized carbons (Fsp3) is 0.615. The molecule has 0 aliphatic carbocycles. The Balaban J connectivity index is 2.10. The van der Waals surface area contributed by atoms with Gasteiger partial charge in [-0.1, -0.05) is 19.1 Å². The van der Waals surface area contributed by atoms with Crippen molar-refractivity contribution in [3.63, 3.8) is 0 Å². The highest BCUT2D eigenvalue weighted by Crippen LogP contribution is 2.28. The molecule has 0 aromatic carbocycles. The van der Waals surface area contributed by atoms with Crippen molar-refractivity contribution < 1.29 is 19.4 Å². The maximum absolute atomic E-state index is 11.9. The number of aromatic amines is 1. The summed E-state index contributed by atoms with van der Waals surface area (Å²) in [6, 6.07) is 0. The molecule has 0 radical (unpaired) electrons. The van der Waals surface area contributed by atoms with Gasteiger partial charge in [-0.25, -0.2) is 4.79 Å². The third-order valence-corrected chi connectivity index (χ3v) is 3.78. The zero-order chi connectivity index (χ0) is 15.6. The predicted octanol–water partition coefficient (Wildman–Crippen LogP) is 0.816. The van der Waals surface area contributed by atoms with E-state index in [1.54, 1.807) is 20.0 Å². The third kappa shape index (κ3) is 3.58. The Hall–Kier alpha value is -1.51. The number of rotatable bonds is 4. The lowest BCUT2D eigenvalue weighted by Gasteiger charge is -2.16. The van der Waals surface area contributed by atoms with Gasteiger partial charge in [-0.15, -0.1) is 0 Å². The summed E-state index contributed by atoms with van der Waals surface area (Å²) in [6.07, 6.45) is 0.0663. The van der Waals surface area contributed by atoms with Crippen LogP contribution in [0.25, 0.3) is 0 Å². The molecule has 1 fully saturated rings. The fourth-order valence-electron chi connectivity index (χ4n) is 2.11. The number of ether oxygens (including phenoxy) is 2. The number of nitrogens with zero attached hydrogens (tertiary/aromatic N) is 1. The molecule has 2 heterocycles. The Morgan fingerprint density at radius 1 is 1.67 bits per heavy atom. The number of esters is 1. The number of aromatic nitrogens is 2. The van der Waals surface area contributed by atoms with Gasteiger partial charge in [0.2, 0.25) is 0 Å². The van der Waals surface area contributed by atoms with Crippen molar-refractivity contribution in [2.45, 2.75) is 45.1 Å². The number of carbonyl (C=O) groups excluding carboxylic acids is 1. The highest BCUT2D eigenvalue weighted by molar-refractivity contribution is 7.71. The van der Waals surface area contributed by atoms with Gasteiger partial charge in [0.25, 0.3) is 0 Å². The number of aliphatic hydroxyl groups is 1. The first kappa shape index (κ1) is 15.9. The van der Waals surface area contributed by atoms with E-state index in [-0.39, 0.29) is 25.4 Å². The molecule has 2 N–H and O–H groups in total.